The first-order valence-electron chi connectivity index (χ1n) is 29.4. The number of nitrogens with one attached hydrogen (secondary N) is 1. The van der Waals surface area contributed by atoms with Crippen LogP contribution in [0.4, 0.5) is 0 Å². The Hall–Kier alpha value is -1.40. The van der Waals surface area contributed by atoms with Crippen LogP contribution < -0.4 is 5.32 Å². The van der Waals surface area contributed by atoms with Crippen LogP contribution in [-0.2, 0) is 14.3 Å². The van der Waals surface area contributed by atoms with Gasteiger partial charge in [0.2, 0.25) is 5.91 Å². The van der Waals surface area contributed by atoms with Gasteiger partial charge in [0.1, 0.15) is 6.10 Å². The monoisotopic (exact) mass is 918 g/mol. The van der Waals surface area contributed by atoms with Gasteiger partial charge in [-0.1, -0.05) is 277 Å². The predicted octanol–water partition coefficient (Wildman–Crippen LogP) is 18.1. The summed E-state index contributed by atoms with van der Waals surface area (Å²) >= 11 is 0. The van der Waals surface area contributed by atoms with E-state index in [0.717, 1.165) is 51.4 Å². The van der Waals surface area contributed by atoms with E-state index in [4.69, 9.17) is 4.74 Å². The fourth-order valence-electron chi connectivity index (χ4n) is 9.37. The number of hydrogen-bond acceptors (Lipinski definition) is 5. The van der Waals surface area contributed by atoms with Crippen molar-refractivity contribution in [3.63, 3.8) is 0 Å². The van der Waals surface area contributed by atoms with Gasteiger partial charge in [0, 0.05) is 6.42 Å². The van der Waals surface area contributed by atoms with Crippen molar-refractivity contribution in [3.05, 3.63) is 12.2 Å². The first kappa shape index (κ1) is 63.6. The molecule has 0 spiro atoms. The molecule has 0 aliphatic rings. The lowest BCUT2D eigenvalue weighted by Crippen LogP contribution is -2.46. The van der Waals surface area contributed by atoms with Gasteiger partial charge >= 0.3 is 5.97 Å². The lowest BCUT2D eigenvalue weighted by atomic mass is 10.0. The number of hydrogen-bond donors (Lipinski definition) is 3. The number of carbonyl (C=O) groups is 2. The van der Waals surface area contributed by atoms with Crippen molar-refractivity contribution < 1.29 is 24.5 Å². The zero-order chi connectivity index (χ0) is 47.4. The highest BCUT2D eigenvalue weighted by molar-refractivity contribution is 5.77. The molecule has 0 aromatic carbocycles. The molecule has 0 aliphatic heterocycles. The number of unbranched alkanes of at least 4 members (excludes halogenated alkanes) is 40. The quantitative estimate of drug-likeness (QED) is 0.0321. The van der Waals surface area contributed by atoms with Crippen molar-refractivity contribution in [3.8, 4) is 0 Å². The molecule has 0 heterocycles. The second-order valence-electron chi connectivity index (χ2n) is 20.4. The molecule has 0 bridgehead atoms. The predicted molar refractivity (Wildman–Crippen MR) is 283 cm³/mol. The highest BCUT2D eigenvalue weighted by atomic mass is 16.5. The Morgan fingerprint density at radius 3 is 1.09 bits per heavy atom. The molecule has 3 atom stereocenters. The highest BCUT2D eigenvalue weighted by Crippen LogP contribution is 2.19. The lowest BCUT2D eigenvalue weighted by Gasteiger charge is -2.24. The van der Waals surface area contributed by atoms with E-state index < -0.39 is 18.2 Å². The Morgan fingerprint density at radius 1 is 0.431 bits per heavy atom. The third kappa shape index (κ3) is 48.9. The fraction of sp³-hybridized carbons (Fsp3) is 0.932. The third-order valence-electron chi connectivity index (χ3n) is 13.8. The summed E-state index contributed by atoms with van der Waals surface area (Å²) in [6.45, 7) is 6.51. The molecule has 0 saturated carbocycles. The number of carbonyl (C=O) groups excluding carboxylic acids is 2. The summed E-state index contributed by atoms with van der Waals surface area (Å²) in [6, 6.07) is -0.697. The Balaban J connectivity index is 4.47. The second kappa shape index (κ2) is 53.6. The number of amides is 1. The van der Waals surface area contributed by atoms with E-state index >= 15 is 0 Å². The van der Waals surface area contributed by atoms with Crippen LogP contribution in [0.1, 0.15) is 329 Å². The van der Waals surface area contributed by atoms with Crippen molar-refractivity contribution in [1.82, 2.24) is 5.32 Å². The lowest BCUT2D eigenvalue weighted by molar-refractivity contribution is -0.151. The van der Waals surface area contributed by atoms with Crippen LogP contribution in [-0.4, -0.2) is 46.9 Å². The minimum Gasteiger partial charge on any atom is -0.462 e. The summed E-state index contributed by atoms with van der Waals surface area (Å²) in [4.78, 5) is 26.3. The summed E-state index contributed by atoms with van der Waals surface area (Å²) in [5, 5.41) is 23.8. The van der Waals surface area contributed by atoms with Crippen LogP contribution in [0, 0.1) is 0 Å². The molecule has 65 heavy (non-hydrogen) atoms. The average Bonchev–Trinajstić information content (AvgIpc) is 3.30. The minimum absolute atomic E-state index is 0.0821. The number of esters is 1. The van der Waals surface area contributed by atoms with E-state index in [0.29, 0.717) is 19.3 Å². The van der Waals surface area contributed by atoms with E-state index in [2.05, 4.69) is 38.2 Å². The molecule has 1 amide bonds. The molecule has 3 unspecified atom stereocenters. The van der Waals surface area contributed by atoms with E-state index in [-0.39, 0.29) is 24.9 Å². The third-order valence-corrected chi connectivity index (χ3v) is 13.8. The maximum atomic E-state index is 13.2. The SMILES string of the molecule is CCCCCCCC/C=C/CCCCCCCCCC(CC(=O)NC(CO)C(O)CCCCCCCCCCCC)OC(=O)CCCCCCCCCCCCCCCCCCCCC. The van der Waals surface area contributed by atoms with Gasteiger partial charge in [-0.3, -0.25) is 9.59 Å². The van der Waals surface area contributed by atoms with Gasteiger partial charge in [-0.2, -0.15) is 0 Å². The average molecular weight is 919 g/mol. The van der Waals surface area contributed by atoms with E-state index in [1.54, 1.807) is 0 Å². The van der Waals surface area contributed by atoms with Crippen LogP contribution in [0.3, 0.4) is 0 Å². The second-order valence-corrected chi connectivity index (χ2v) is 20.4. The molecular formula is C59H115NO5. The molecule has 6 nitrogen and oxygen atoms in total. The van der Waals surface area contributed by atoms with Crippen LogP contribution in [0.25, 0.3) is 0 Å². The Bertz CT molecular complexity index is 986. The first-order valence-corrected chi connectivity index (χ1v) is 29.4. The molecule has 0 aromatic heterocycles. The van der Waals surface area contributed by atoms with E-state index in [1.807, 2.05) is 0 Å². The zero-order valence-electron chi connectivity index (χ0n) is 44.2. The van der Waals surface area contributed by atoms with Gasteiger partial charge in [-0.15, -0.1) is 0 Å². The fourth-order valence-corrected chi connectivity index (χ4v) is 9.37. The van der Waals surface area contributed by atoms with Gasteiger partial charge in [0.05, 0.1) is 25.2 Å². The number of allylic oxidation sites excluding steroid dienone is 2. The topological polar surface area (TPSA) is 95.9 Å². The smallest absolute Gasteiger partial charge is 0.306 e. The number of aliphatic hydroxyl groups is 2. The zero-order valence-corrected chi connectivity index (χ0v) is 44.2. The van der Waals surface area contributed by atoms with Crippen molar-refractivity contribution in [2.45, 2.75) is 347 Å². The highest BCUT2D eigenvalue weighted by Gasteiger charge is 2.24. The maximum Gasteiger partial charge on any atom is 0.306 e. The summed E-state index contributed by atoms with van der Waals surface area (Å²) < 4.78 is 5.97. The molecule has 6 heteroatoms. The van der Waals surface area contributed by atoms with Crippen molar-refractivity contribution >= 4 is 11.9 Å². The van der Waals surface area contributed by atoms with Crippen LogP contribution in [0.15, 0.2) is 12.2 Å². The van der Waals surface area contributed by atoms with E-state index in [9.17, 15) is 19.8 Å². The van der Waals surface area contributed by atoms with Crippen LogP contribution >= 0.6 is 0 Å². The van der Waals surface area contributed by atoms with Crippen LogP contribution in [0.5, 0.6) is 0 Å². The number of rotatable bonds is 54. The number of ether oxygens (including phenoxy) is 1. The summed E-state index contributed by atoms with van der Waals surface area (Å²) in [7, 11) is 0. The van der Waals surface area contributed by atoms with Crippen molar-refractivity contribution in [2.75, 3.05) is 6.61 Å². The standard InChI is InChI=1S/C59H115NO5/c1-4-7-10-13-16-19-22-24-26-28-29-31-33-35-37-40-43-46-49-52-59(64)65-55(50-47-44-41-38-36-34-32-30-27-25-23-20-17-14-11-8-5-2)53-58(63)60-56(54-61)57(62)51-48-45-42-39-21-18-15-12-9-6-3/h25,27,55-57,61-62H,4-24,26,28-54H2,1-3H3,(H,60,63)/b27-25+. The molecule has 0 saturated heterocycles. The Morgan fingerprint density at radius 2 is 0.738 bits per heavy atom. The Labute approximate surface area is 406 Å². The van der Waals surface area contributed by atoms with Crippen molar-refractivity contribution in [1.29, 1.82) is 0 Å². The molecular weight excluding hydrogens is 803 g/mol. The summed E-state index contributed by atoms with van der Waals surface area (Å²) in [6.07, 6.45) is 61.4. The first-order chi connectivity index (χ1) is 32.0. The Kier molecular flexibility index (Phi) is 52.4. The van der Waals surface area contributed by atoms with Crippen LogP contribution in [0.2, 0.25) is 0 Å². The molecule has 0 aromatic rings. The summed E-state index contributed by atoms with van der Waals surface area (Å²) in [5.41, 5.74) is 0. The summed E-state index contributed by atoms with van der Waals surface area (Å²) in [5.74, 6) is -0.455. The molecule has 0 aliphatic carbocycles. The maximum absolute atomic E-state index is 13.2. The molecule has 0 fully saturated rings. The molecule has 386 valence electrons. The number of aliphatic hydroxyl groups excluding tert-OH is 2. The van der Waals surface area contributed by atoms with Gasteiger partial charge in [-0.05, 0) is 51.4 Å². The van der Waals surface area contributed by atoms with Gasteiger partial charge in [0.15, 0.2) is 0 Å². The van der Waals surface area contributed by atoms with Crippen molar-refractivity contribution in [2.24, 2.45) is 0 Å². The largest absolute Gasteiger partial charge is 0.462 e. The van der Waals surface area contributed by atoms with Gasteiger partial charge in [-0.25, -0.2) is 0 Å². The van der Waals surface area contributed by atoms with Gasteiger partial charge < -0.3 is 20.3 Å². The minimum atomic E-state index is -0.783. The molecule has 0 rings (SSSR count). The normalized spacial score (nSPS) is 13.1. The van der Waals surface area contributed by atoms with E-state index in [1.165, 1.54) is 231 Å². The van der Waals surface area contributed by atoms with Gasteiger partial charge in [0.25, 0.3) is 0 Å². The molecule has 3 N–H and O–H groups in total. The molecule has 0 radical (unpaired) electrons.